The SMILES string of the molecule is CC(C)CNCC(=O)OC1CC(C)CC(C)(C)C1. The van der Waals surface area contributed by atoms with E-state index in [-0.39, 0.29) is 12.1 Å². The number of esters is 1. The summed E-state index contributed by atoms with van der Waals surface area (Å²) in [7, 11) is 0. The van der Waals surface area contributed by atoms with Gasteiger partial charge in [0.2, 0.25) is 0 Å². The molecule has 106 valence electrons. The van der Waals surface area contributed by atoms with Crippen molar-refractivity contribution >= 4 is 5.97 Å². The summed E-state index contributed by atoms with van der Waals surface area (Å²) in [5, 5.41) is 3.13. The first kappa shape index (κ1) is 15.5. The predicted octanol–water partition coefficient (Wildman–Crippen LogP) is 2.99. The Bertz CT molecular complexity index is 274. The maximum absolute atomic E-state index is 11.7. The van der Waals surface area contributed by atoms with Crippen LogP contribution in [0.5, 0.6) is 0 Å². The average Bonchev–Trinajstić information content (AvgIpc) is 2.12. The summed E-state index contributed by atoms with van der Waals surface area (Å²) < 4.78 is 5.58. The highest BCUT2D eigenvalue weighted by molar-refractivity contribution is 5.71. The van der Waals surface area contributed by atoms with Crippen LogP contribution < -0.4 is 5.32 Å². The molecule has 1 N–H and O–H groups in total. The maximum Gasteiger partial charge on any atom is 0.320 e. The standard InChI is InChI=1S/C15H29NO2/c1-11(2)9-16-10-14(17)18-13-6-12(3)7-15(4,5)8-13/h11-13,16H,6-10H2,1-5H3. The molecule has 3 heteroatoms. The van der Waals surface area contributed by atoms with Crippen LogP contribution in [0.25, 0.3) is 0 Å². The third kappa shape index (κ3) is 5.85. The lowest BCUT2D eigenvalue weighted by molar-refractivity contribution is -0.152. The number of carbonyl (C=O) groups excluding carboxylic acids is 1. The van der Waals surface area contributed by atoms with Crippen molar-refractivity contribution in [3.8, 4) is 0 Å². The van der Waals surface area contributed by atoms with Gasteiger partial charge in [-0.15, -0.1) is 0 Å². The van der Waals surface area contributed by atoms with Gasteiger partial charge in [-0.2, -0.15) is 0 Å². The molecule has 0 radical (unpaired) electrons. The summed E-state index contributed by atoms with van der Waals surface area (Å²) in [6.45, 7) is 12.2. The van der Waals surface area contributed by atoms with Crippen molar-refractivity contribution in [3.05, 3.63) is 0 Å². The van der Waals surface area contributed by atoms with Crippen molar-refractivity contribution in [1.29, 1.82) is 0 Å². The Balaban J connectivity index is 2.31. The van der Waals surface area contributed by atoms with E-state index in [0.717, 1.165) is 19.4 Å². The Morgan fingerprint density at radius 1 is 1.39 bits per heavy atom. The van der Waals surface area contributed by atoms with Crippen LogP contribution >= 0.6 is 0 Å². The van der Waals surface area contributed by atoms with Gasteiger partial charge in [0.25, 0.3) is 0 Å². The van der Waals surface area contributed by atoms with Gasteiger partial charge < -0.3 is 10.1 Å². The summed E-state index contributed by atoms with van der Waals surface area (Å²) >= 11 is 0. The van der Waals surface area contributed by atoms with Crippen molar-refractivity contribution in [3.63, 3.8) is 0 Å². The van der Waals surface area contributed by atoms with Crippen LogP contribution in [0.3, 0.4) is 0 Å². The summed E-state index contributed by atoms with van der Waals surface area (Å²) in [5.74, 6) is 1.10. The number of rotatable bonds is 5. The second-order valence-electron chi connectivity index (χ2n) is 7.05. The molecule has 0 aromatic carbocycles. The fourth-order valence-electron chi connectivity index (χ4n) is 3.04. The first-order chi connectivity index (χ1) is 8.28. The van der Waals surface area contributed by atoms with Crippen LogP contribution in [0.4, 0.5) is 0 Å². The molecule has 0 spiro atoms. The largest absolute Gasteiger partial charge is 0.461 e. The molecular formula is C15H29NO2. The smallest absolute Gasteiger partial charge is 0.320 e. The van der Waals surface area contributed by atoms with E-state index in [2.05, 4.69) is 39.9 Å². The number of ether oxygens (including phenoxy) is 1. The second-order valence-corrected chi connectivity index (χ2v) is 7.05. The normalized spacial score (nSPS) is 27.2. The van der Waals surface area contributed by atoms with E-state index in [1.54, 1.807) is 0 Å². The zero-order valence-corrected chi connectivity index (χ0v) is 12.6. The van der Waals surface area contributed by atoms with Gasteiger partial charge >= 0.3 is 5.97 Å². The Morgan fingerprint density at radius 2 is 2.06 bits per heavy atom. The third-order valence-electron chi connectivity index (χ3n) is 3.47. The van der Waals surface area contributed by atoms with Crippen molar-refractivity contribution < 1.29 is 9.53 Å². The molecule has 0 aliphatic heterocycles. The Kier molecular flexibility index (Phi) is 5.64. The summed E-state index contributed by atoms with van der Waals surface area (Å²) in [5.41, 5.74) is 0.300. The van der Waals surface area contributed by atoms with E-state index in [4.69, 9.17) is 4.74 Å². The average molecular weight is 255 g/mol. The van der Waals surface area contributed by atoms with Crippen LogP contribution in [0.2, 0.25) is 0 Å². The van der Waals surface area contributed by atoms with Gasteiger partial charge in [-0.25, -0.2) is 0 Å². The van der Waals surface area contributed by atoms with Crippen molar-refractivity contribution in [2.75, 3.05) is 13.1 Å². The molecule has 0 heterocycles. The zero-order chi connectivity index (χ0) is 13.8. The summed E-state index contributed by atoms with van der Waals surface area (Å²) in [4.78, 5) is 11.7. The molecule has 0 aromatic heterocycles. The molecule has 0 bridgehead atoms. The predicted molar refractivity (Wildman–Crippen MR) is 74.4 cm³/mol. The van der Waals surface area contributed by atoms with Crippen molar-refractivity contribution in [2.45, 2.75) is 60.0 Å². The molecule has 2 unspecified atom stereocenters. The highest BCUT2D eigenvalue weighted by atomic mass is 16.5. The molecule has 0 saturated heterocycles. The zero-order valence-electron chi connectivity index (χ0n) is 12.6. The van der Waals surface area contributed by atoms with Crippen LogP contribution in [0.15, 0.2) is 0 Å². The molecule has 2 atom stereocenters. The first-order valence-electron chi connectivity index (χ1n) is 7.19. The maximum atomic E-state index is 11.7. The van der Waals surface area contributed by atoms with Gasteiger partial charge in [-0.3, -0.25) is 4.79 Å². The van der Waals surface area contributed by atoms with Gasteiger partial charge in [0, 0.05) is 0 Å². The van der Waals surface area contributed by atoms with Crippen LogP contribution in [0.1, 0.15) is 53.9 Å². The number of hydrogen-bond acceptors (Lipinski definition) is 3. The minimum Gasteiger partial charge on any atom is -0.461 e. The molecule has 1 rings (SSSR count). The number of hydrogen-bond donors (Lipinski definition) is 1. The Morgan fingerprint density at radius 3 is 2.61 bits per heavy atom. The van der Waals surface area contributed by atoms with Crippen molar-refractivity contribution in [1.82, 2.24) is 5.32 Å². The van der Waals surface area contributed by atoms with Crippen LogP contribution in [-0.4, -0.2) is 25.2 Å². The number of carbonyl (C=O) groups is 1. The summed E-state index contributed by atoms with van der Waals surface area (Å²) in [6, 6.07) is 0. The summed E-state index contributed by atoms with van der Waals surface area (Å²) in [6.07, 6.45) is 3.34. The van der Waals surface area contributed by atoms with E-state index in [1.807, 2.05) is 0 Å². The van der Waals surface area contributed by atoms with Crippen molar-refractivity contribution in [2.24, 2.45) is 17.3 Å². The Labute approximate surface area is 112 Å². The molecule has 3 nitrogen and oxygen atoms in total. The monoisotopic (exact) mass is 255 g/mol. The van der Waals surface area contributed by atoms with E-state index < -0.39 is 0 Å². The highest BCUT2D eigenvalue weighted by Gasteiger charge is 2.33. The topological polar surface area (TPSA) is 38.3 Å². The van der Waals surface area contributed by atoms with Gasteiger partial charge in [0.15, 0.2) is 0 Å². The second kappa shape index (κ2) is 6.55. The molecule has 1 saturated carbocycles. The molecular weight excluding hydrogens is 226 g/mol. The molecule has 0 aromatic rings. The third-order valence-corrected chi connectivity index (χ3v) is 3.47. The van der Waals surface area contributed by atoms with Gasteiger partial charge in [0.05, 0.1) is 6.54 Å². The first-order valence-corrected chi connectivity index (χ1v) is 7.19. The number of nitrogens with one attached hydrogen (secondary N) is 1. The minimum atomic E-state index is -0.106. The molecule has 1 fully saturated rings. The van der Waals surface area contributed by atoms with E-state index in [0.29, 0.717) is 23.8 Å². The lowest BCUT2D eigenvalue weighted by atomic mass is 9.71. The lowest BCUT2D eigenvalue weighted by Crippen LogP contribution is -2.36. The lowest BCUT2D eigenvalue weighted by Gasteiger charge is -2.38. The molecule has 1 aliphatic carbocycles. The van der Waals surface area contributed by atoms with Crippen LogP contribution in [0, 0.1) is 17.3 Å². The highest BCUT2D eigenvalue weighted by Crippen LogP contribution is 2.39. The van der Waals surface area contributed by atoms with E-state index in [9.17, 15) is 4.79 Å². The quantitative estimate of drug-likeness (QED) is 0.768. The minimum absolute atomic E-state index is 0.106. The van der Waals surface area contributed by atoms with Gasteiger partial charge in [0.1, 0.15) is 6.10 Å². The molecule has 18 heavy (non-hydrogen) atoms. The van der Waals surface area contributed by atoms with E-state index >= 15 is 0 Å². The fourth-order valence-corrected chi connectivity index (χ4v) is 3.04. The Hall–Kier alpha value is -0.570. The molecule has 1 aliphatic rings. The van der Waals surface area contributed by atoms with E-state index in [1.165, 1.54) is 6.42 Å². The van der Waals surface area contributed by atoms with Gasteiger partial charge in [-0.1, -0.05) is 34.6 Å². The fraction of sp³-hybridized carbons (Fsp3) is 0.933. The molecule has 0 amide bonds. The van der Waals surface area contributed by atoms with Gasteiger partial charge in [-0.05, 0) is 43.1 Å². The van der Waals surface area contributed by atoms with Crippen LogP contribution in [-0.2, 0) is 9.53 Å².